The highest BCUT2D eigenvalue weighted by molar-refractivity contribution is 7.10. The Balaban J connectivity index is 2.06. The summed E-state index contributed by atoms with van der Waals surface area (Å²) in [6, 6.07) is 11.9. The van der Waals surface area contributed by atoms with Crippen molar-refractivity contribution in [1.29, 1.82) is 0 Å². The van der Waals surface area contributed by atoms with Gasteiger partial charge >= 0.3 is 0 Å². The van der Waals surface area contributed by atoms with Crippen LogP contribution in [0.25, 0.3) is 0 Å². The number of thiophene rings is 1. The molecule has 0 radical (unpaired) electrons. The zero-order valence-electron chi connectivity index (χ0n) is 13.3. The molecular formula is C18H23NO2S. The van der Waals surface area contributed by atoms with Crippen molar-refractivity contribution in [2.45, 2.75) is 32.7 Å². The van der Waals surface area contributed by atoms with Crippen LogP contribution < -0.4 is 10.1 Å². The number of methoxy groups -OCH3 is 1. The summed E-state index contributed by atoms with van der Waals surface area (Å²) in [7, 11) is 1.66. The molecule has 1 N–H and O–H groups in total. The average Bonchev–Trinajstić information content (AvgIpc) is 2.99. The minimum absolute atomic E-state index is 0.0402. The molecule has 1 aromatic carbocycles. The van der Waals surface area contributed by atoms with Gasteiger partial charge in [-0.3, -0.25) is 4.79 Å². The first-order chi connectivity index (χ1) is 10.6. The summed E-state index contributed by atoms with van der Waals surface area (Å²) in [6.45, 7) is 4.34. The Bertz CT molecular complexity index is 576. The quantitative estimate of drug-likeness (QED) is 0.831. The number of amides is 1. The number of carbonyl (C=O) groups excluding carboxylic acids is 1. The maximum atomic E-state index is 12.3. The van der Waals surface area contributed by atoms with Crippen LogP contribution in [0.2, 0.25) is 0 Å². The zero-order chi connectivity index (χ0) is 15.9. The van der Waals surface area contributed by atoms with Crippen LogP contribution in [0.4, 0.5) is 0 Å². The van der Waals surface area contributed by atoms with E-state index in [1.165, 1.54) is 0 Å². The summed E-state index contributed by atoms with van der Waals surface area (Å²) in [4.78, 5) is 13.4. The summed E-state index contributed by atoms with van der Waals surface area (Å²) in [5, 5.41) is 5.17. The summed E-state index contributed by atoms with van der Waals surface area (Å²) in [5.74, 6) is 1.41. The lowest BCUT2D eigenvalue weighted by atomic mass is 9.96. The molecule has 0 aliphatic rings. The van der Waals surface area contributed by atoms with E-state index >= 15 is 0 Å². The summed E-state index contributed by atoms with van der Waals surface area (Å²) >= 11 is 1.62. The summed E-state index contributed by atoms with van der Waals surface area (Å²) in [5.41, 5.74) is 1.12. The van der Waals surface area contributed by atoms with Gasteiger partial charge in [-0.25, -0.2) is 0 Å². The fourth-order valence-electron chi connectivity index (χ4n) is 2.40. The van der Waals surface area contributed by atoms with E-state index in [1.54, 1.807) is 18.4 Å². The molecule has 1 aromatic heterocycles. The molecule has 0 saturated heterocycles. The molecule has 4 heteroatoms. The largest absolute Gasteiger partial charge is 0.497 e. The van der Waals surface area contributed by atoms with E-state index in [4.69, 9.17) is 4.74 Å². The van der Waals surface area contributed by atoms with E-state index in [9.17, 15) is 4.79 Å². The van der Waals surface area contributed by atoms with E-state index in [0.29, 0.717) is 12.3 Å². The lowest BCUT2D eigenvalue weighted by molar-refractivity contribution is -0.121. The van der Waals surface area contributed by atoms with Gasteiger partial charge in [-0.05, 0) is 41.5 Å². The topological polar surface area (TPSA) is 38.3 Å². The van der Waals surface area contributed by atoms with Gasteiger partial charge < -0.3 is 10.1 Å². The summed E-state index contributed by atoms with van der Waals surface area (Å²) < 4.78 is 5.20. The molecular weight excluding hydrogens is 294 g/mol. The van der Waals surface area contributed by atoms with Crippen molar-refractivity contribution in [2.75, 3.05) is 7.11 Å². The number of ether oxygens (including phenoxy) is 1. The Morgan fingerprint density at radius 1 is 1.23 bits per heavy atom. The standard InChI is InChI=1S/C18H23NO2S/c1-13(2)11-17(14-6-8-15(21-3)9-7-14)19-18(20)12-16-5-4-10-22-16/h4-10,13,17H,11-12H2,1-3H3,(H,19,20)/t17-/m1/s1. The molecule has 0 saturated carbocycles. The Morgan fingerprint density at radius 2 is 1.95 bits per heavy atom. The van der Waals surface area contributed by atoms with E-state index in [2.05, 4.69) is 19.2 Å². The Hall–Kier alpha value is -1.81. The highest BCUT2D eigenvalue weighted by atomic mass is 32.1. The van der Waals surface area contributed by atoms with E-state index in [1.807, 2.05) is 41.8 Å². The second-order valence-corrected chi connectivity index (χ2v) is 6.81. The predicted molar refractivity (Wildman–Crippen MR) is 91.4 cm³/mol. The molecule has 1 atom stereocenters. The van der Waals surface area contributed by atoms with Crippen LogP contribution in [0.3, 0.4) is 0 Å². The van der Waals surface area contributed by atoms with Crippen molar-refractivity contribution >= 4 is 17.2 Å². The van der Waals surface area contributed by atoms with Gasteiger partial charge in [-0.15, -0.1) is 11.3 Å². The van der Waals surface area contributed by atoms with E-state index in [-0.39, 0.29) is 11.9 Å². The fraction of sp³-hybridized carbons (Fsp3) is 0.389. The van der Waals surface area contributed by atoms with Gasteiger partial charge in [0.25, 0.3) is 0 Å². The third-order valence-corrected chi connectivity index (χ3v) is 4.35. The molecule has 0 unspecified atom stereocenters. The van der Waals surface area contributed by atoms with Crippen LogP contribution in [-0.4, -0.2) is 13.0 Å². The van der Waals surface area contributed by atoms with Gasteiger partial charge in [0.2, 0.25) is 5.91 Å². The van der Waals surface area contributed by atoms with Crippen molar-refractivity contribution in [3.63, 3.8) is 0 Å². The third kappa shape index (κ3) is 4.88. The first-order valence-corrected chi connectivity index (χ1v) is 8.42. The van der Waals surface area contributed by atoms with E-state index < -0.39 is 0 Å². The van der Waals surface area contributed by atoms with E-state index in [0.717, 1.165) is 22.6 Å². The monoisotopic (exact) mass is 317 g/mol. The van der Waals surface area contributed by atoms with Crippen molar-refractivity contribution in [3.05, 3.63) is 52.2 Å². The SMILES string of the molecule is COc1ccc([C@@H](CC(C)C)NC(=O)Cc2cccs2)cc1. The fourth-order valence-corrected chi connectivity index (χ4v) is 3.11. The van der Waals surface area contributed by atoms with Gasteiger partial charge in [0.1, 0.15) is 5.75 Å². The predicted octanol–water partition coefficient (Wildman–Crippen LogP) is 4.20. The molecule has 118 valence electrons. The second-order valence-electron chi connectivity index (χ2n) is 5.78. The second kappa shape index (κ2) is 7.99. The lowest BCUT2D eigenvalue weighted by Crippen LogP contribution is -2.30. The number of hydrogen-bond donors (Lipinski definition) is 1. The van der Waals surface area contributed by atoms with Crippen LogP contribution in [0, 0.1) is 5.92 Å². The molecule has 22 heavy (non-hydrogen) atoms. The highest BCUT2D eigenvalue weighted by Crippen LogP contribution is 2.24. The van der Waals surface area contributed by atoms with Crippen molar-refractivity contribution in [3.8, 4) is 5.75 Å². The maximum Gasteiger partial charge on any atom is 0.225 e. The van der Waals surface area contributed by atoms with Crippen molar-refractivity contribution < 1.29 is 9.53 Å². The molecule has 2 aromatic rings. The first kappa shape index (κ1) is 16.6. The molecule has 1 amide bonds. The molecule has 0 aliphatic carbocycles. The van der Waals surface area contributed by atoms with Crippen LogP contribution in [-0.2, 0) is 11.2 Å². The normalized spacial score (nSPS) is 12.2. The molecule has 0 fully saturated rings. The number of nitrogens with one attached hydrogen (secondary N) is 1. The number of benzene rings is 1. The van der Waals surface area contributed by atoms with Crippen LogP contribution in [0.15, 0.2) is 41.8 Å². The average molecular weight is 317 g/mol. The zero-order valence-corrected chi connectivity index (χ0v) is 14.2. The summed E-state index contributed by atoms with van der Waals surface area (Å²) in [6.07, 6.45) is 1.37. The number of hydrogen-bond acceptors (Lipinski definition) is 3. The number of carbonyl (C=O) groups is 1. The van der Waals surface area contributed by atoms with Gasteiger partial charge in [0, 0.05) is 4.88 Å². The van der Waals surface area contributed by atoms with Crippen molar-refractivity contribution in [2.24, 2.45) is 5.92 Å². The van der Waals surface area contributed by atoms with Gasteiger partial charge in [0.15, 0.2) is 0 Å². The Kier molecular flexibility index (Phi) is 6.01. The molecule has 0 aliphatic heterocycles. The minimum atomic E-state index is 0.0402. The van der Waals surface area contributed by atoms with Gasteiger partial charge in [-0.1, -0.05) is 32.0 Å². The molecule has 1 heterocycles. The highest BCUT2D eigenvalue weighted by Gasteiger charge is 2.16. The van der Waals surface area contributed by atoms with Gasteiger partial charge in [-0.2, -0.15) is 0 Å². The lowest BCUT2D eigenvalue weighted by Gasteiger charge is -2.21. The smallest absolute Gasteiger partial charge is 0.225 e. The molecule has 3 nitrogen and oxygen atoms in total. The Morgan fingerprint density at radius 3 is 2.50 bits per heavy atom. The van der Waals surface area contributed by atoms with Crippen LogP contribution >= 0.6 is 11.3 Å². The van der Waals surface area contributed by atoms with Crippen LogP contribution in [0.5, 0.6) is 5.75 Å². The van der Waals surface area contributed by atoms with Gasteiger partial charge in [0.05, 0.1) is 19.6 Å². The first-order valence-electron chi connectivity index (χ1n) is 7.54. The third-order valence-electron chi connectivity index (χ3n) is 3.48. The molecule has 0 bridgehead atoms. The number of rotatable bonds is 7. The molecule has 2 rings (SSSR count). The maximum absolute atomic E-state index is 12.3. The Labute approximate surface area is 136 Å². The molecule has 0 spiro atoms. The van der Waals surface area contributed by atoms with Crippen molar-refractivity contribution in [1.82, 2.24) is 5.32 Å². The minimum Gasteiger partial charge on any atom is -0.497 e. The van der Waals surface area contributed by atoms with Crippen LogP contribution in [0.1, 0.15) is 36.8 Å².